The number of aromatic amines is 1. The number of nitrogens with zero attached hydrogens (tertiary/aromatic N) is 3. The molecule has 31 heavy (non-hydrogen) atoms. The molecule has 2 heterocycles. The van der Waals surface area contributed by atoms with E-state index in [9.17, 15) is 14.0 Å². The van der Waals surface area contributed by atoms with Crippen molar-refractivity contribution in [3.63, 3.8) is 0 Å². The molecule has 1 N–H and O–H groups in total. The van der Waals surface area contributed by atoms with Gasteiger partial charge in [-0.15, -0.1) is 0 Å². The first kappa shape index (κ1) is 20.8. The van der Waals surface area contributed by atoms with Gasteiger partial charge in [-0.1, -0.05) is 36.4 Å². The largest absolute Gasteiger partial charge is 0.342 e. The molecule has 0 unspecified atom stereocenters. The van der Waals surface area contributed by atoms with Crippen LogP contribution in [-0.4, -0.2) is 47.0 Å². The molecule has 6 nitrogen and oxygen atoms in total. The van der Waals surface area contributed by atoms with Crippen LogP contribution in [0.15, 0.2) is 60.7 Å². The number of halogens is 1. The highest BCUT2D eigenvalue weighted by Crippen LogP contribution is 2.28. The Labute approximate surface area is 180 Å². The van der Waals surface area contributed by atoms with E-state index in [1.165, 1.54) is 6.07 Å². The summed E-state index contributed by atoms with van der Waals surface area (Å²) in [5.74, 6) is -0.380. The second-order valence-electron chi connectivity index (χ2n) is 7.83. The Bertz CT molecular complexity index is 1060. The van der Waals surface area contributed by atoms with E-state index in [2.05, 4.69) is 10.2 Å². The van der Waals surface area contributed by atoms with Gasteiger partial charge in [-0.05, 0) is 42.7 Å². The first-order valence-corrected chi connectivity index (χ1v) is 10.4. The third kappa shape index (κ3) is 4.66. The van der Waals surface area contributed by atoms with Gasteiger partial charge in [-0.25, -0.2) is 4.39 Å². The molecule has 7 heteroatoms. The van der Waals surface area contributed by atoms with Gasteiger partial charge in [-0.2, -0.15) is 5.10 Å². The molecule has 1 fully saturated rings. The van der Waals surface area contributed by atoms with Gasteiger partial charge in [0, 0.05) is 37.4 Å². The van der Waals surface area contributed by atoms with E-state index in [-0.39, 0.29) is 30.0 Å². The molecule has 1 aliphatic rings. The summed E-state index contributed by atoms with van der Waals surface area (Å²) < 4.78 is 13.8. The zero-order valence-electron chi connectivity index (χ0n) is 17.4. The minimum atomic E-state index is -0.346. The first-order valence-electron chi connectivity index (χ1n) is 10.4. The number of benzene rings is 2. The number of likely N-dealkylation sites (tertiary alicyclic amines) is 1. The fraction of sp³-hybridized carbons (Fsp3) is 0.292. The number of hydrogen-bond acceptors (Lipinski definition) is 3. The van der Waals surface area contributed by atoms with Crippen LogP contribution in [0.1, 0.15) is 40.5 Å². The van der Waals surface area contributed by atoms with Crippen molar-refractivity contribution in [1.82, 2.24) is 15.1 Å². The monoisotopic (exact) mass is 420 g/mol. The summed E-state index contributed by atoms with van der Waals surface area (Å²) in [7, 11) is 1.73. The summed E-state index contributed by atoms with van der Waals surface area (Å²) in [6, 6.07) is 17.6. The Kier molecular flexibility index (Phi) is 6.11. The van der Waals surface area contributed by atoms with E-state index in [0.29, 0.717) is 24.3 Å². The number of amides is 2. The number of piperidine rings is 1. The highest BCUT2D eigenvalue weighted by atomic mass is 19.1. The molecule has 2 aromatic carbocycles. The highest BCUT2D eigenvalue weighted by Gasteiger charge is 2.26. The van der Waals surface area contributed by atoms with Crippen LogP contribution in [0.5, 0.6) is 0 Å². The molecule has 0 atom stereocenters. The minimum absolute atomic E-state index is 0.0616. The molecule has 0 radical (unpaired) electrons. The summed E-state index contributed by atoms with van der Waals surface area (Å²) >= 11 is 0. The molecular formula is C24H25FN4O2. The lowest BCUT2D eigenvalue weighted by Crippen LogP contribution is -2.39. The molecule has 4 rings (SSSR count). The van der Waals surface area contributed by atoms with Gasteiger partial charge in [0.25, 0.3) is 5.91 Å². The Hall–Kier alpha value is -3.48. The maximum atomic E-state index is 13.8. The number of carbonyl (C=O) groups is 2. The fourth-order valence-electron chi connectivity index (χ4n) is 3.95. The molecule has 0 spiro atoms. The second-order valence-corrected chi connectivity index (χ2v) is 7.83. The molecule has 1 aromatic heterocycles. The number of nitrogens with one attached hydrogen (secondary N) is 1. The van der Waals surface area contributed by atoms with Crippen LogP contribution in [0.2, 0.25) is 0 Å². The minimum Gasteiger partial charge on any atom is -0.342 e. The number of rotatable bonds is 5. The van der Waals surface area contributed by atoms with Crippen molar-refractivity contribution in [3.05, 3.63) is 83.4 Å². The van der Waals surface area contributed by atoms with E-state index in [1.807, 2.05) is 36.4 Å². The molecule has 0 bridgehead atoms. The summed E-state index contributed by atoms with van der Waals surface area (Å²) in [6.45, 7) is 1.20. The van der Waals surface area contributed by atoms with Crippen LogP contribution >= 0.6 is 0 Å². The average molecular weight is 420 g/mol. The van der Waals surface area contributed by atoms with Crippen LogP contribution in [0.4, 0.5) is 10.1 Å². The van der Waals surface area contributed by atoms with Crippen LogP contribution in [0, 0.1) is 5.82 Å². The molecule has 2 amide bonds. The smallest absolute Gasteiger partial charge is 0.278 e. The SMILES string of the molecule is CN(C(=O)c1cc(C2CCN(C(=O)Cc3ccccc3F)CC2)[nH]n1)c1ccccc1. The fourth-order valence-corrected chi connectivity index (χ4v) is 3.95. The lowest BCUT2D eigenvalue weighted by Gasteiger charge is -2.31. The quantitative estimate of drug-likeness (QED) is 0.683. The molecule has 3 aromatic rings. The molecule has 1 saturated heterocycles. The lowest BCUT2D eigenvalue weighted by atomic mass is 9.93. The highest BCUT2D eigenvalue weighted by molar-refractivity contribution is 6.04. The van der Waals surface area contributed by atoms with Crippen LogP contribution in [0.3, 0.4) is 0 Å². The van der Waals surface area contributed by atoms with Gasteiger partial charge in [-0.3, -0.25) is 14.7 Å². The van der Waals surface area contributed by atoms with Crippen molar-refractivity contribution < 1.29 is 14.0 Å². The van der Waals surface area contributed by atoms with E-state index in [1.54, 1.807) is 35.0 Å². The topological polar surface area (TPSA) is 69.3 Å². The summed E-state index contributed by atoms with van der Waals surface area (Å²) in [4.78, 5) is 28.7. The molecule has 160 valence electrons. The third-order valence-corrected chi connectivity index (χ3v) is 5.85. The van der Waals surface area contributed by atoms with Gasteiger partial charge in [0.05, 0.1) is 6.42 Å². The maximum Gasteiger partial charge on any atom is 0.278 e. The first-order chi connectivity index (χ1) is 15.0. The van der Waals surface area contributed by atoms with Gasteiger partial charge < -0.3 is 9.80 Å². The van der Waals surface area contributed by atoms with Crippen molar-refractivity contribution in [3.8, 4) is 0 Å². The maximum absolute atomic E-state index is 13.8. The normalized spacial score (nSPS) is 14.5. The zero-order chi connectivity index (χ0) is 21.8. The van der Waals surface area contributed by atoms with E-state index in [0.717, 1.165) is 24.2 Å². The van der Waals surface area contributed by atoms with Gasteiger partial charge in [0.15, 0.2) is 5.69 Å². The molecular weight excluding hydrogens is 395 g/mol. The number of hydrogen-bond donors (Lipinski definition) is 1. The number of anilines is 1. The predicted molar refractivity (Wildman–Crippen MR) is 116 cm³/mol. The molecule has 0 aliphatic carbocycles. The number of carbonyl (C=O) groups excluding carboxylic acids is 2. The van der Waals surface area contributed by atoms with Crippen molar-refractivity contribution in [1.29, 1.82) is 0 Å². The van der Waals surface area contributed by atoms with Crippen LogP contribution in [0.25, 0.3) is 0 Å². The summed E-state index contributed by atoms with van der Waals surface area (Å²) in [5.41, 5.74) is 2.51. The Morgan fingerprint density at radius 3 is 2.48 bits per heavy atom. The van der Waals surface area contributed by atoms with Crippen LogP contribution < -0.4 is 4.90 Å². The van der Waals surface area contributed by atoms with Gasteiger partial charge >= 0.3 is 0 Å². The number of H-pyrrole nitrogens is 1. The molecule has 1 aliphatic heterocycles. The van der Waals surface area contributed by atoms with Crippen molar-refractivity contribution >= 4 is 17.5 Å². The van der Waals surface area contributed by atoms with Gasteiger partial charge in [0.1, 0.15) is 5.82 Å². The third-order valence-electron chi connectivity index (χ3n) is 5.85. The van der Waals surface area contributed by atoms with Gasteiger partial charge in [0.2, 0.25) is 5.91 Å². The lowest BCUT2D eigenvalue weighted by molar-refractivity contribution is -0.131. The number of aromatic nitrogens is 2. The standard InChI is InChI=1S/C24H25FN4O2/c1-28(19-8-3-2-4-9-19)24(31)22-16-21(26-27-22)17-11-13-29(14-12-17)23(30)15-18-7-5-6-10-20(18)25/h2-10,16-17H,11-15H2,1H3,(H,26,27). The van der Waals surface area contributed by atoms with Crippen molar-refractivity contribution in [2.24, 2.45) is 0 Å². The Balaban J connectivity index is 1.34. The van der Waals surface area contributed by atoms with E-state index < -0.39 is 0 Å². The molecule has 0 saturated carbocycles. The van der Waals surface area contributed by atoms with E-state index >= 15 is 0 Å². The second kappa shape index (κ2) is 9.12. The summed E-state index contributed by atoms with van der Waals surface area (Å²) in [5, 5.41) is 7.22. The van der Waals surface area contributed by atoms with Crippen molar-refractivity contribution in [2.75, 3.05) is 25.0 Å². The predicted octanol–water partition coefficient (Wildman–Crippen LogP) is 3.77. The van der Waals surface area contributed by atoms with E-state index in [4.69, 9.17) is 0 Å². The van der Waals surface area contributed by atoms with Crippen molar-refractivity contribution in [2.45, 2.75) is 25.2 Å². The van der Waals surface area contributed by atoms with Crippen LogP contribution in [-0.2, 0) is 11.2 Å². The average Bonchev–Trinajstić information content (AvgIpc) is 3.30. The Morgan fingerprint density at radius 2 is 1.77 bits per heavy atom. The zero-order valence-corrected chi connectivity index (χ0v) is 17.4. The summed E-state index contributed by atoms with van der Waals surface area (Å²) in [6.07, 6.45) is 1.62. The Morgan fingerprint density at radius 1 is 1.10 bits per heavy atom. The number of para-hydroxylation sites is 1.